The van der Waals surface area contributed by atoms with Crippen LogP contribution < -0.4 is 0 Å². The van der Waals surface area contributed by atoms with Crippen molar-refractivity contribution in [3.05, 3.63) is 28.8 Å². The zero-order valence-electron chi connectivity index (χ0n) is 9.97. The summed E-state index contributed by atoms with van der Waals surface area (Å²) >= 11 is 5.84. The van der Waals surface area contributed by atoms with Gasteiger partial charge in [0.1, 0.15) is 5.75 Å². The lowest BCUT2D eigenvalue weighted by molar-refractivity contribution is 0.282. The second-order valence-corrected chi connectivity index (χ2v) is 7.24. The standard InChI is InChI=1S/C12H16ClNO3S/c13-11-4-1-3-10(12(11)15)9-14-5-2-7-18(16,17)8-6-14/h1,3-4,15H,2,5-9H2. The van der Waals surface area contributed by atoms with E-state index in [9.17, 15) is 13.5 Å². The van der Waals surface area contributed by atoms with Crippen LogP contribution >= 0.6 is 11.6 Å². The normalized spacial score (nSPS) is 20.5. The number of phenolic OH excluding ortho intramolecular Hbond substituents is 1. The topological polar surface area (TPSA) is 57.6 Å². The van der Waals surface area contributed by atoms with Gasteiger partial charge in [-0.25, -0.2) is 8.42 Å². The summed E-state index contributed by atoms with van der Waals surface area (Å²) in [5, 5.41) is 10.2. The van der Waals surface area contributed by atoms with Crippen LogP contribution in [-0.4, -0.2) is 43.0 Å². The first-order valence-corrected chi connectivity index (χ1v) is 8.07. The van der Waals surface area contributed by atoms with Crippen LogP contribution in [0.25, 0.3) is 0 Å². The second kappa shape index (κ2) is 5.47. The predicted octanol–water partition coefficient (Wildman–Crippen LogP) is 1.67. The van der Waals surface area contributed by atoms with Gasteiger partial charge in [0.15, 0.2) is 9.84 Å². The van der Waals surface area contributed by atoms with Gasteiger partial charge in [0, 0.05) is 18.7 Å². The largest absolute Gasteiger partial charge is 0.506 e. The Morgan fingerprint density at radius 3 is 2.83 bits per heavy atom. The minimum Gasteiger partial charge on any atom is -0.506 e. The molecule has 6 heteroatoms. The number of phenols is 1. The highest BCUT2D eigenvalue weighted by atomic mass is 35.5. The Bertz CT molecular complexity index is 530. The number of hydrogen-bond acceptors (Lipinski definition) is 4. The first-order valence-electron chi connectivity index (χ1n) is 5.87. The number of hydrogen-bond donors (Lipinski definition) is 1. The molecule has 1 aromatic carbocycles. The maximum absolute atomic E-state index is 11.5. The van der Waals surface area contributed by atoms with Gasteiger partial charge in [-0.15, -0.1) is 0 Å². The maximum atomic E-state index is 11.5. The fourth-order valence-electron chi connectivity index (χ4n) is 2.08. The fourth-order valence-corrected chi connectivity index (χ4v) is 3.58. The van der Waals surface area contributed by atoms with Gasteiger partial charge in [-0.1, -0.05) is 23.7 Å². The van der Waals surface area contributed by atoms with Crippen molar-refractivity contribution in [2.45, 2.75) is 13.0 Å². The van der Waals surface area contributed by atoms with E-state index in [1.54, 1.807) is 18.2 Å². The van der Waals surface area contributed by atoms with Crippen LogP contribution in [0.1, 0.15) is 12.0 Å². The fraction of sp³-hybridized carbons (Fsp3) is 0.500. The van der Waals surface area contributed by atoms with Gasteiger partial charge >= 0.3 is 0 Å². The SMILES string of the molecule is O=S1(=O)CCCN(Cc2cccc(Cl)c2O)CC1. The van der Waals surface area contributed by atoms with Gasteiger partial charge in [0.25, 0.3) is 0 Å². The van der Waals surface area contributed by atoms with Crippen molar-refractivity contribution < 1.29 is 13.5 Å². The maximum Gasteiger partial charge on any atom is 0.151 e. The van der Waals surface area contributed by atoms with Gasteiger partial charge in [-0.05, 0) is 19.0 Å². The molecule has 0 aliphatic carbocycles. The van der Waals surface area contributed by atoms with Crippen molar-refractivity contribution in [2.24, 2.45) is 0 Å². The lowest BCUT2D eigenvalue weighted by Gasteiger charge is -2.19. The number of benzene rings is 1. The van der Waals surface area contributed by atoms with Crippen molar-refractivity contribution in [3.63, 3.8) is 0 Å². The highest BCUT2D eigenvalue weighted by Crippen LogP contribution is 2.28. The number of sulfone groups is 1. The van der Waals surface area contributed by atoms with E-state index in [0.717, 1.165) is 12.1 Å². The Hall–Kier alpha value is -0.780. The molecule has 1 aliphatic rings. The van der Waals surface area contributed by atoms with E-state index in [1.165, 1.54) is 0 Å². The molecule has 1 aromatic rings. The van der Waals surface area contributed by atoms with Crippen LogP contribution in [-0.2, 0) is 16.4 Å². The Labute approximate surface area is 112 Å². The molecule has 1 N–H and O–H groups in total. The minimum absolute atomic E-state index is 0.0891. The van der Waals surface area contributed by atoms with E-state index in [4.69, 9.17) is 11.6 Å². The van der Waals surface area contributed by atoms with Crippen molar-refractivity contribution in [2.75, 3.05) is 24.6 Å². The van der Waals surface area contributed by atoms with E-state index in [1.807, 2.05) is 4.90 Å². The molecule has 4 nitrogen and oxygen atoms in total. The second-order valence-electron chi connectivity index (χ2n) is 4.53. The minimum atomic E-state index is -2.89. The van der Waals surface area contributed by atoms with Gasteiger partial charge < -0.3 is 5.11 Å². The van der Waals surface area contributed by atoms with Crippen molar-refractivity contribution in [1.29, 1.82) is 0 Å². The first kappa shape index (κ1) is 13.6. The van der Waals surface area contributed by atoms with Crippen LogP contribution in [0.5, 0.6) is 5.75 Å². The molecule has 0 radical (unpaired) electrons. The molecule has 1 saturated heterocycles. The third-order valence-electron chi connectivity index (χ3n) is 3.11. The first-order chi connectivity index (χ1) is 8.48. The van der Waals surface area contributed by atoms with Crippen LogP contribution in [0.15, 0.2) is 18.2 Å². The molecule has 0 spiro atoms. The van der Waals surface area contributed by atoms with Crippen LogP contribution in [0.3, 0.4) is 0 Å². The quantitative estimate of drug-likeness (QED) is 0.900. The molecule has 1 fully saturated rings. The summed E-state index contributed by atoms with van der Waals surface area (Å²) in [6, 6.07) is 5.22. The molecule has 2 rings (SSSR count). The molecule has 1 aliphatic heterocycles. The Kier molecular flexibility index (Phi) is 4.14. The van der Waals surface area contributed by atoms with Crippen molar-refractivity contribution in [1.82, 2.24) is 4.90 Å². The third-order valence-corrected chi connectivity index (χ3v) is 5.13. The molecule has 0 aromatic heterocycles. The summed E-state index contributed by atoms with van der Waals surface area (Å²) in [4.78, 5) is 2.04. The van der Waals surface area contributed by atoms with E-state index in [0.29, 0.717) is 24.5 Å². The number of nitrogens with zero attached hydrogens (tertiary/aromatic N) is 1. The summed E-state index contributed by atoms with van der Waals surface area (Å²) in [6.07, 6.45) is 0.643. The molecule has 18 heavy (non-hydrogen) atoms. The summed E-state index contributed by atoms with van der Waals surface area (Å²) < 4.78 is 23.0. The third kappa shape index (κ3) is 3.37. The van der Waals surface area contributed by atoms with Gasteiger partial charge in [-0.2, -0.15) is 0 Å². The monoisotopic (exact) mass is 289 g/mol. The van der Waals surface area contributed by atoms with Crippen molar-refractivity contribution >= 4 is 21.4 Å². The van der Waals surface area contributed by atoms with Crippen molar-refractivity contribution in [3.8, 4) is 5.75 Å². The van der Waals surface area contributed by atoms with E-state index in [2.05, 4.69) is 0 Å². The molecule has 1 heterocycles. The lowest BCUT2D eigenvalue weighted by Crippen LogP contribution is -2.26. The summed E-state index contributed by atoms with van der Waals surface area (Å²) in [6.45, 7) is 1.77. The summed E-state index contributed by atoms with van der Waals surface area (Å²) in [7, 11) is -2.89. The highest BCUT2D eigenvalue weighted by molar-refractivity contribution is 7.91. The summed E-state index contributed by atoms with van der Waals surface area (Å²) in [5.74, 6) is 0.533. The average Bonchev–Trinajstić information content (AvgIpc) is 2.47. The number of halogens is 1. The lowest BCUT2D eigenvalue weighted by atomic mass is 10.2. The molecule has 0 saturated carbocycles. The highest BCUT2D eigenvalue weighted by Gasteiger charge is 2.20. The van der Waals surface area contributed by atoms with Crippen LogP contribution in [0, 0.1) is 0 Å². The van der Waals surface area contributed by atoms with Gasteiger partial charge in [-0.3, -0.25) is 4.90 Å². The zero-order chi connectivity index (χ0) is 13.2. The summed E-state index contributed by atoms with van der Waals surface area (Å²) in [5.41, 5.74) is 0.738. The van der Waals surface area contributed by atoms with E-state index >= 15 is 0 Å². The predicted molar refractivity (Wildman–Crippen MR) is 71.7 cm³/mol. The average molecular weight is 290 g/mol. The van der Waals surface area contributed by atoms with Gasteiger partial charge in [0.2, 0.25) is 0 Å². The molecule has 0 unspecified atom stereocenters. The Morgan fingerprint density at radius 2 is 2.06 bits per heavy atom. The number of rotatable bonds is 2. The number of para-hydroxylation sites is 1. The Balaban J connectivity index is 2.08. The molecule has 0 bridgehead atoms. The molecular formula is C12H16ClNO3S. The van der Waals surface area contributed by atoms with E-state index < -0.39 is 9.84 Å². The number of aromatic hydroxyl groups is 1. The molecule has 100 valence electrons. The molecule has 0 amide bonds. The van der Waals surface area contributed by atoms with Crippen LogP contribution in [0.4, 0.5) is 0 Å². The van der Waals surface area contributed by atoms with Crippen LogP contribution in [0.2, 0.25) is 5.02 Å². The van der Waals surface area contributed by atoms with Gasteiger partial charge in [0.05, 0.1) is 16.5 Å². The smallest absolute Gasteiger partial charge is 0.151 e. The van der Waals surface area contributed by atoms with E-state index in [-0.39, 0.29) is 17.3 Å². The molecule has 0 atom stereocenters. The molecular weight excluding hydrogens is 274 g/mol. The Morgan fingerprint density at radius 1 is 1.28 bits per heavy atom. The zero-order valence-corrected chi connectivity index (χ0v) is 11.5.